The fourth-order valence-corrected chi connectivity index (χ4v) is 1.61. The normalized spacial score (nSPS) is 12.4. The summed E-state index contributed by atoms with van der Waals surface area (Å²) in [6.45, 7) is 7.28. The first-order valence-electron chi connectivity index (χ1n) is 7.02. The first-order valence-corrected chi connectivity index (χ1v) is 7.02. The molecule has 1 N–H and O–H groups in total. The number of ether oxygens (including phenoxy) is 2. The van der Waals surface area contributed by atoms with Crippen LogP contribution in [0.15, 0.2) is 30.3 Å². The molecule has 0 spiro atoms. The van der Waals surface area contributed by atoms with E-state index in [-0.39, 0.29) is 6.61 Å². The summed E-state index contributed by atoms with van der Waals surface area (Å²) in [7, 11) is 0. The molecule has 1 amide bonds. The zero-order chi connectivity index (χ0) is 15.9. The molecule has 0 fully saturated rings. The number of carbonyl (C=O) groups excluding carboxylic acids is 2. The molecule has 116 valence electrons. The van der Waals surface area contributed by atoms with Gasteiger partial charge in [-0.1, -0.05) is 37.3 Å². The molecule has 0 saturated carbocycles. The molecule has 0 heterocycles. The maximum Gasteiger partial charge on any atom is 0.408 e. The minimum Gasteiger partial charge on any atom is -0.459 e. The van der Waals surface area contributed by atoms with Crippen LogP contribution in [0.3, 0.4) is 0 Å². The van der Waals surface area contributed by atoms with Crippen LogP contribution < -0.4 is 5.32 Å². The second kappa shape index (κ2) is 7.67. The Hall–Kier alpha value is -2.04. The van der Waals surface area contributed by atoms with E-state index < -0.39 is 23.7 Å². The first-order chi connectivity index (χ1) is 9.81. The minimum absolute atomic E-state index is 0.187. The molecule has 0 aliphatic heterocycles. The molecule has 1 aromatic rings. The standard InChI is InChI=1S/C16H23NO4/c1-5-13(17-15(19)21-16(2,3)4)14(18)20-11-12-9-7-6-8-10-12/h6-10,13H,5,11H2,1-4H3,(H,17,19). The van der Waals surface area contributed by atoms with Crippen LogP contribution in [0.4, 0.5) is 4.79 Å². The zero-order valence-electron chi connectivity index (χ0n) is 13.0. The van der Waals surface area contributed by atoms with Crippen LogP contribution in [0.25, 0.3) is 0 Å². The second-order valence-electron chi connectivity index (χ2n) is 5.70. The van der Waals surface area contributed by atoms with Crippen molar-refractivity contribution in [3.8, 4) is 0 Å². The molecular weight excluding hydrogens is 270 g/mol. The Morgan fingerprint density at radius 3 is 2.33 bits per heavy atom. The highest BCUT2D eigenvalue weighted by molar-refractivity contribution is 5.81. The molecule has 0 aliphatic rings. The molecule has 5 heteroatoms. The average Bonchev–Trinajstić information content (AvgIpc) is 2.41. The number of amides is 1. The topological polar surface area (TPSA) is 64.6 Å². The van der Waals surface area contributed by atoms with E-state index in [0.717, 1.165) is 5.56 Å². The van der Waals surface area contributed by atoms with Gasteiger partial charge in [0.15, 0.2) is 0 Å². The molecular formula is C16H23NO4. The van der Waals surface area contributed by atoms with Gasteiger partial charge in [-0.25, -0.2) is 9.59 Å². The monoisotopic (exact) mass is 293 g/mol. The Bertz CT molecular complexity index is 465. The Kier molecular flexibility index (Phi) is 6.21. The smallest absolute Gasteiger partial charge is 0.408 e. The highest BCUT2D eigenvalue weighted by atomic mass is 16.6. The molecule has 1 rings (SSSR count). The van der Waals surface area contributed by atoms with Gasteiger partial charge in [-0.3, -0.25) is 0 Å². The van der Waals surface area contributed by atoms with E-state index in [9.17, 15) is 9.59 Å². The molecule has 21 heavy (non-hydrogen) atoms. The van der Waals surface area contributed by atoms with Crippen LogP contribution in [0.2, 0.25) is 0 Å². The maximum absolute atomic E-state index is 12.0. The van der Waals surface area contributed by atoms with Gasteiger partial charge in [0.05, 0.1) is 0 Å². The predicted molar refractivity (Wildman–Crippen MR) is 79.7 cm³/mol. The summed E-state index contributed by atoms with van der Waals surface area (Å²) in [6.07, 6.45) is -0.182. The van der Waals surface area contributed by atoms with Gasteiger partial charge < -0.3 is 14.8 Å². The molecule has 0 aliphatic carbocycles. The molecule has 0 radical (unpaired) electrons. The first kappa shape index (κ1) is 17.0. The van der Waals surface area contributed by atoms with Gasteiger partial charge in [0.25, 0.3) is 0 Å². The molecule has 1 atom stereocenters. The van der Waals surface area contributed by atoms with Crippen LogP contribution in [0, 0.1) is 0 Å². The number of esters is 1. The third-order valence-corrected chi connectivity index (χ3v) is 2.61. The Balaban J connectivity index is 2.48. The van der Waals surface area contributed by atoms with E-state index in [1.807, 2.05) is 30.3 Å². The molecule has 0 saturated heterocycles. The lowest BCUT2D eigenvalue weighted by Gasteiger charge is -2.22. The number of carbonyl (C=O) groups is 2. The van der Waals surface area contributed by atoms with Crippen LogP contribution in [-0.2, 0) is 20.9 Å². The van der Waals surface area contributed by atoms with Crippen molar-refractivity contribution in [2.24, 2.45) is 0 Å². The van der Waals surface area contributed by atoms with Crippen molar-refractivity contribution in [2.45, 2.75) is 52.4 Å². The van der Waals surface area contributed by atoms with E-state index >= 15 is 0 Å². The molecule has 0 aromatic heterocycles. The van der Waals surface area contributed by atoms with Gasteiger partial charge in [-0.2, -0.15) is 0 Å². The number of nitrogens with one attached hydrogen (secondary N) is 1. The quantitative estimate of drug-likeness (QED) is 0.847. The van der Waals surface area contributed by atoms with Gasteiger partial charge in [-0.05, 0) is 32.8 Å². The Morgan fingerprint density at radius 1 is 1.19 bits per heavy atom. The van der Waals surface area contributed by atoms with Crippen molar-refractivity contribution in [2.75, 3.05) is 0 Å². The summed E-state index contributed by atoms with van der Waals surface area (Å²) in [5.41, 5.74) is 0.300. The van der Waals surface area contributed by atoms with Crippen molar-refractivity contribution in [1.82, 2.24) is 5.32 Å². The lowest BCUT2D eigenvalue weighted by Crippen LogP contribution is -2.43. The van der Waals surface area contributed by atoms with E-state index in [2.05, 4.69) is 5.32 Å². The third-order valence-electron chi connectivity index (χ3n) is 2.61. The largest absolute Gasteiger partial charge is 0.459 e. The average molecular weight is 293 g/mol. The van der Waals surface area contributed by atoms with Crippen molar-refractivity contribution < 1.29 is 19.1 Å². The van der Waals surface area contributed by atoms with Crippen LogP contribution in [0.5, 0.6) is 0 Å². The Labute approximate surface area is 125 Å². The minimum atomic E-state index is -0.705. The van der Waals surface area contributed by atoms with Crippen molar-refractivity contribution in [3.63, 3.8) is 0 Å². The molecule has 0 bridgehead atoms. The van der Waals surface area contributed by atoms with Crippen LogP contribution in [-0.4, -0.2) is 23.7 Å². The number of hydrogen-bond donors (Lipinski definition) is 1. The summed E-state index contributed by atoms with van der Waals surface area (Å²) in [5.74, 6) is -0.466. The third kappa shape index (κ3) is 6.79. The number of benzene rings is 1. The summed E-state index contributed by atoms with van der Waals surface area (Å²) in [5, 5.41) is 2.52. The lowest BCUT2D eigenvalue weighted by molar-refractivity contribution is -0.147. The fraction of sp³-hybridized carbons (Fsp3) is 0.500. The fourth-order valence-electron chi connectivity index (χ4n) is 1.61. The van der Waals surface area contributed by atoms with E-state index in [1.54, 1.807) is 27.7 Å². The maximum atomic E-state index is 12.0. The second-order valence-corrected chi connectivity index (χ2v) is 5.70. The summed E-state index contributed by atoms with van der Waals surface area (Å²) in [6, 6.07) is 8.68. The van der Waals surface area contributed by atoms with Crippen molar-refractivity contribution >= 4 is 12.1 Å². The van der Waals surface area contributed by atoms with Gasteiger partial charge in [0.1, 0.15) is 18.2 Å². The zero-order valence-corrected chi connectivity index (χ0v) is 13.0. The SMILES string of the molecule is CCC(NC(=O)OC(C)(C)C)C(=O)OCc1ccccc1. The number of hydrogen-bond acceptors (Lipinski definition) is 4. The summed E-state index contributed by atoms with van der Waals surface area (Å²) in [4.78, 5) is 23.6. The van der Waals surface area contributed by atoms with Gasteiger partial charge >= 0.3 is 12.1 Å². The summed E-state index contributed by atoms with van der Waals surface area (Å²) < 4.78 is 10.3. The van der Waals surface area contributed by atoms with Crippen LogP contribution in [0.1, 0.15) is 39.7 Å². The van der Waals surface area contributed by atoms with E-state index in [4.69, 9.17) is 9.47 Å². The van der Waals surface area contributed by atoms with Gasteiger partial charge in [0, 0.05) is 0 Å². The number of rotatable bonds is 5. The number of alkyl carbamates (subject to hydrolysis) is 1. The van der Waals surface area contributed by atoms with E-state index in [0.29, 0.717) is 6.42 Å². The van der Waals surface area contributed by atoms with E-state index in [1.165, 1.54) is 0 Å². The Morgan fingerprint density at radius 2 is 1.81 bits per heavy atom. The predicted octanol–water partition coefficient (Wildman–Crippen LogP) is 3.03. The van der Waals surface area contributed by atoms with Gasteiger partial charge in [0.2, 0.25) is 0 Å². The highest BCUT2D eigenvalue weighted by Crippen LogP contribution is 2.08. The van der Waals surface area contributed by atoms with Crippen LogP contribution >= 0.6 is 0 Å². The lowest BCUT2D eigenvalue weighted by atomic mass is 10.2. The van der Waals surface area contributed by atoms with Gasteiger partial charge in [-0.15, -0.1) is 0 Å². The summed E-state index contributed by atoms with van der Waals surface area (Å²) >= 11 is 0. The van der Waals surface area contributed by atoms with Crippen molar-refractivity contribution in [1.29, 1.82) is 0 Å². The molecule has 1 unspecified atom stereocenters. The highest BCUT2D eigenvalue weighted by Gasteiger charge is 2.24. The van der Waals surface area contributed by atoms with Crippen molar-refractivity contribution in [3.05, 3.63) is 35.9 Å². The molecule has 5 nitrogen and oxygen atoms in total. The molecule has 1 aromatic carbocycles.